The van der Waals surface area contributed by atoms with Gasteiger partial charge in [-0.2, -0.15) is 0 Å². The average Bonchev–Trinajstić information content (AvgIpc) is 2.95. The summed E-state index contributed by atoms with van der Waals surface area (Å²) in [6.45, 7) is 2.57. The van der Waals surface area contributed by atoms with Gasteiger partial charge in [0.25, 0.3) is 5.56 Å². The van der Waals surface area contributed by atoms with E-state index in [9.17, 15) is 4.79 Å². The third kappa shape index (κ3) is 2.97. The maximum Gasteiger partial charge on any atom is 0.272 e. The minimum absolute atomic E-state index is 0.0363. The molecular weight excluding hydrogens is 326 g/mol. The lowest BCUT2D eigenvalue weighted by molar-refractivity contribution is 0.635. The summed E-state index contributed by atoms with van der Waals surface area (Å²) in [6.07, 6.45) is 1.74. The standard InChI is InChI=1S/C14H12ClN3OS2/c1-2-18-13(19)12-10(5-6-20-12)17-14(18)21-8-9-3-4-11(15)16-7-9/h3-7H,2,8H2,1H3. The minimum Gasteiger partial charge on any atom is -0.287 e. The molecule has 0 N–H and O–H groups in total. The Morgan fingerprint density at radius 2 is 2.24 bits per heavy atom. The molecule has 0 atom stereocenters. The summed E-state index contributed by atoms with van der Waals surface area (Å²) in [5.74, 6) is 0.701. The molecule has 0 aromatic carbocycles. The number of rotatable bonds is 4. The summed E-state index contributed by atoms with van der Waals surface area (Å²) < 4.78 is 2.43. The van der Waals surface area contributed by atoms with Crippen LogP contribution in [0.4, 0.5) is 0 Å². The molecule has 3 heterocycles. The second-order valence-electron chi connectivity index (χ2n) is 4.36. The second kappa shape index (κ2) is 6.17. The van der Waals surface area contributed by atoms with Gasteiger partial charge in [-0.05, 0) is 30.0 Å². The Bertz CT molecular complexity index is 826. The number of hydrogen-bond donors (Lipinski definition) is 0. The fourth-order valence-corrected chi connectivity index (χ4v) is 3.84. The lowest BCUT2D eigenvalue weighted by Gasteiger charge is -2.09. The first-order valence-electron chi connectivity index (χ1n) is 6.40. The Morgan fingerprint density at radius 1 is 1.38 bits per heavy atom. The summed E-state index contributed by atoms with van der Waals surface area (Å²) in [7, 11) is 0. The van der Waals surface area contributed by atoms with Crippen LogP contribution in [0.1, 0.15) is 12.5 Å². The van der Waals surface area contributed by atoms with E-state index in [2.05, 4.69) is 9.97 Å². The van der Waals surface area contributed by atoms with Gasteiger partial charge in [-0.25, -0.2) is 9.97 Å². The van der Waals surface area contributed by atoms with Crippen LogP contribution in [0.3, 0.4) is 0 Å². The second-order valence-corrected chi connectivity index (χ2v) is 6.60. The molecule has 0 radical (unpaired) electrons. The Morgan fingerprint density at radius 3 is 2.95 bits per heavy atom. The van der Waals surface area contributed by atoms with Crippen LogP contribution < -0.4 is 5.56 Å². The van der Waals surface area contributed by atoms with Gasteiger partial charge in [-0.15, -0.1) is 11.3 Å². The molecule has 7 heteroatoms. The number of fused-ring (bicyclic) bond motifs is 1. The van der Waals surface area contributed by atoms with E-state index in [1.54, 1.807) is 16.8 Å². The summed E-state index contributed by atoms with van der Waals surface area (Å²) in [6, 6.07) is 5.58. The van der Waals surface area contributed by atoms with Crippen molar-refractivity contribution in [3.8, 4) is 0 Å². The largest absolute Gasteiger partial charge is 0.287 e. The van der Waals surface area contributed by atoms with Crippen LogP contribution in [-0.4, -0.2) is 14.5 Å². The predicted molar refractivity (Wildman–Crippen MR) is 88.4 cm³/mol. The molecule has 3 aromatic heterocycles. The maximum absolute atomic E-state index is 12.4. The Kier molecular flexibility index (Phi) is 4.28. The smallest absolute Gasteiger partial charge is 0.272 e. The zero-order valence-corrected chi connectivity index (χ0v) is 13.6. The zero-order valence-electron chi connectivity index (χ0n) is 11.2. The molecule has 0 aliphatic heterocycles. The van der Waals surface area contributed by atoms with Crippen LogP contribution in [0.25, 0.3) is 10.2 Å². The van der Waals surface area contributed by atoms with Crippen molar-refractivity contribution in [2.75, 3.05) is 0 Å². The van der Waals surface area contributed by atoms with Crippen molar-refractivity contribution < 1.29 is 0 Å². The topological polar surface area (TPSA) is 47.8 Å². The summed E-state index contributed by atoms with van der Waals surface area (Å²) >= 11 is 8.75. The molecule has 0 unspecified atom stereocenters. The number of pyridine rings is 1. The van der Waals surface area contributed by atoms with Crippen molar-refractivity contribution in [2.24, 2.45) is 0 Å². The van der Waals surface area contributed by atoms with E-state index in [-0.39, 0.29) is 5.56 Å². The van der Waals surface area contributed by atoms with Gasteiger partial charge in [-0.1, -0.05) is 29.4 Å². The van der Waals surface area contributed by atoms with Crippen molar-refractivity contribution in [3.05, 3.63) is 50.8 Å². The molecule has 108 valence electrons. The van der Waals surface area contributed by atoms with E-state index in [0.29, 0.717) is 22.2 Å². The molecule has 3 rings (SSSR count). The van der Waals surface area contributed by atoms with Crippen molar-refractivity contribution >= 4 is 44.9 Å². The first kappa shape index (κ1) is 14.6. The third-order valence-corrected chi connectivity index (χ3v) is 5.17. The maximum atomic E-state index is 12.4. The van der Waals surface area contributed by atoms with Gasteiger partial charge in [0, 0.05) is 18.5 Å². The number of hydrogen-bond acceptors (Lipinski definition) is 5. The number of thioether (sulfide) groups is 1. The van der Waals surface area contributed by atoms with Crippen LogP contribution in [0.15, 0.2) is 39.7 Å². The SMILES string of the molecule is CCn1c(SCc2ccc(Cl)nc2)nc2ccsc2c1=O. The van der Waals surface area contributed by atoms with Crippen LogP contribution in [0, 0.1) is 0 Å². The first-order chi connectivity index (χ1) is 10.2. The van der Waals surface area contributed by atoms with Crippen LogP contribution >= 0.6 is 34.7 Å². The normalized spacial score (nSPS) is 11.1. The summed E-state index contributed by atoms with van der Waals surface area (Å²) in [4.78, 5) is 21.0. The van der Waals surface area contributed by atoms with Crippen molar-refractivity contribution in [2.45, 2.75) is 24.4 Å². The average molecular weight is 338 g/mol. The van der Waals surface area contributed by atoms with E-state index in [4.69, 9.17) is 11.6 Å². The highest BCUT2D eigenvalue weighted by Crippen LogP contribution is 2.23. The molecule has 0 bridgehead atoms. The molecule has 0 aliphatic rings. The number of aromatic nitrogens is 3. The molecule has 0 spiro atoms. The minimum atomic E-state index is 0.0363. The van der Waals surface area contributed by atoms with Crippen molar-refractivity contribution in [1.82, 2.24) is 14.5 Å². The molecule has 0 saturated carbocycles. The summed E-state index contributed by atoms with van der Waals surface area (Å²) in [5.41, 5.74) is 1.85. The quantitative estimate of drug-likeness (QED) is 0.412. The van der Waals surface area contributed by atoms with E-state index in [1.807, 2.05) is 24.4 Å². The van der Waals surface area contributed by atoms with Crippen LogP contribution in [0.5, 0.6) is 0 Å². The molecule has 4 nitrogen and oxygen atoms in total. The summed E-state index contributed by atoms with van der Waals surface area (Å²) in [5, 5.41) is 3.12. The Hall–Kier alpha value is -1.37. The van der Waals surface area contributed by atoms with Crippen molar-refractivity contribution in [3.63, 3.8) is 0 Å². The van der Waals surface area contributed by atoms with Gasteiger partial charge in [0.2, 0.25) is 0 Å². The number of nitrogens with zero attached hydrogens (tertiary/aromatic N) is 3. The molecule has 0 saturated heterocycles. The molecule has 0 amide bonds. The Labute approximate surface area is 134 Å². The van der Waals surface area contributed by atoms with E-state index < -0.39 is 0 Å². The molecule has 21 heavy (non-hydrogen) atoms. The molecule has 0 aliphatic carbocycles. The highest BCUT2D eigenvalue weighted by molar-refractivity contribution is 7.98. The lowest BCUT2D eigenvalue weighted by Crippen LogP contribution is -2.21. The highest BCUT2D eigenvalue weighted by Gasteiger charge is 2.11. The fourth-order valence-electron chi connectivity index (χ4n) is 1.95. The van der Waals surface area contributed by atoms with Gasteiger partial charge in [0.1, 0.15) is 9.85 Å². The third-order valence-electron chi connectivity index (χ3n) is 3.00. The Balaban J connectivity index is 1.92. The zero-order chi connectivity index (χ0) is 14.8. The predicted octanol–water partition coefficient (Wildman–Crippen LogP) is 3.82. The van der Waals surface area contributed by atoms with Gasteiger partial charge in [0.05, 0.1) is 5.52 Å². The van der Waals surface area contributed by atoms with Gasteiger partial charge in [0.15, 0.2) is 5.16 Å². The molecule has 0 fully saturated rings. The van der Waals surface area contributed by atoms with Crippen LogP contribution in [-0.2, 0) is 12.3 Å². The first-order valence-corrected chi connectivity index (χ1v) is 8.64. The van der Waals surface area contributed by atoms with E-state index in [1.165, 1.54) is 23.1 Å². The van der Waals surface area contributed by atoms with Gasteiger partial charge < -0.3 is 0 Å². The highest BCUT2D eigenvalue weighted by atomic mass is 35.5. The van der Waals surface area contributed by atoms with Crippen molar-refractivity contribution in [1.29, 1.82) is 0 Å². The number of halogens is 1. The van der Waals surface area contributed by atoms with Gasteiger partial charge in [-0.3, -0.25) is 9.36 Å². The van der Waals surface area contributed by atoms with E-state index >= 15 is 0 Å². The number of thiophene rings is 1. The lowest BCUT2D eigenvalue weighted by atomic mass is 10.3. The molecule has 3 aromatic rings. The van der Waals surface area contributed by atoms with Gasteiger partial charge >= 0.3 is 0 Å². The van der Waals surface area contributed by atoms with E-state index in [0.717, 1.165) is 16.2 Å². The fraction of sp³-hybridized carbons (Fsp3) is 0.214. The van der Waals surface area contributed by atoms with Crippen LogP contribution in [0.2, 0.25) is 5.15 Å². The molecular formula is C14H12ClN3OS2. The monoisotopic (exact) mass is 337 g/mol.